The van der Waals surface area contributed by atoms with Gasteiger partial charge >= 0.3 is 5.97 Å². The minimum atomic E-state index is -3.56. The van der Waals surface area contributed by atoms with E-state index < -0.39 is 15.8 Å². The zero-order valence-electron chi connectivity index (χ0n) is 14.0. The molecule has 0 saturated heterocycles. The van der Waals surface area contributed by atoms with Crippen LogP contribution in [0.3, 0.4) is 0 Å². The lowest BCUT2D eigenvalue weighted by molar-refractivity contribution is 0.0518. The van der Waals surface area contributed by atoms with Crippen molar-refractivity contribution in [1.82, 2.24) is 9.78 Å². The molecule has 7 heteroatoms. The second-order valence-corrected chi connectivity index (χ2v) is 7.86. The van der Waals surface area contributed by atoms with Gasteiger partial charge in [0.05, 0.1) is 28.6 Å². The molecule has 2 heterocycles. The molecule has 0 aliphatic carbocycles. The van der Waals surface area contributed by atoms with E-state index in [1.807, 2.05) is 30.3 Å². The number of hydrogen-bond donors (Lipinski definition) is 0. The van der Waals surface area contributed by atoms with Crippen LogP contribution in [0.2, 0.25) is 0 Å². The van der Waals surface area contributed by atoms with Gasteiger partial charge in [-0.15, -0.1) is 0 Å². The third-order valence-corrected chi connectivity index (χ3v) is 5.96. The van der Waals surface area contributed by atoms with Gasteiger partial charge in [-0.2, -0.15) is 5.10 Å². The average molecular weight is 368 g/mol. The Labute approximate surface area is 151 Å². The number of ether oxygens (including phenoxy) is 1. The Morgan fingerprint density at radius 2 is 1.81 bits per heavy atom. The van der Waals surface area contributed by atoms with Crippen LogP contribution in [-0.2, 0) is 20.3 Å². The Balaban J connectivity index is 2.05. The normalized spacial score (nSPS) is 14.3. The molecule has 0 unspecified atom stereocenters. The highest BCUT2D eigenvalue weighted by Crippen LogP contribution is 2.40. The molecular weight excluding hydrogens is 352 g/mol. The van der Waals surface area contributed by atoms with Crippen molar-refractivity contribution in [2.45, 2.75) is 17.6 Å². The van der Waals surface area contributed by atoms with E-state index in [9.17, 15) is 13.2 Å². The molecule has 0 amide bonds. The van der Waals surface area contributed by atoms with Crippen LogP contribution in [0.1, 0.15) is 23.0 Å². The van der Waals surface area contributed by atoms with E-state index in [0.29, 0.717) is 16.8 Å². The Hall–Kier alpha value is -2.93. The van der Waals surface area contributed by atoms with Crippen molar-refractivity contribution in [3.63, 3.8) is 0 Å². The van der Waals surface area contributed by atoms with Crippen LogP contribution in [0.4, 0.5) is 0 Å². The number of fused-ring (bicyclic) bond motifs is 3. The average Bonchev–Trinajstić information content (AvgIpc) is 3.01. The number of para-hydroxylation sites is 1. The molecule has 0 spiro atoms. The van der Waals surface area contributed by atoms with Gasteiger partial charge in [-0.3, -0.25) is 0 Å². The summed E-state index contributed by atoms with van der Waals surface area (Å²) in [4.78, 5) is 12.6. The molecule has 0 fully saturated rings. The molecule has 26 heavy (non-hydrogen) atoms. The fraction of sp³-hybridized carbons (Fsp3) is 0.158. The van der Waals surface area contributed by atoms with E-state index >= 15 is 0 Å². The first-order valence-electron chi connectivity index (χ1n) is 8.19. The smallest absolute Gasteiger partial charge is 0.359 e. The van der Waals surface area contributed by atoms with E-state index in [2.05, 4.69) is 5.10 Å². The van der Waals surface area contributed by atoms with E-state index in [-0.39, 0.29) is 22.9 Å². The summed E-state index contributed by atoms with van der Waals surface area (Å²) in [5, 5.41) is 4.42. The zero-order valence-corrected chi connectivity index (χ0v) is 14.9. The number of sulfone groups is 1. The standard InChI is InChI=1S/C19H16N2O4S/c1-2-25-19(22)17-15-12-26(23,24)16-11-7-6-10-14(16)18(15)21(20-17)13-8-4-3-5-9-13/h3-11H,2,12H2,1H3. The monoisotopic (exact) mass is 368 g/mol. The zero-order chi connectivity index (χ0) is 18.3. The van der Waals surface area contributed by atoms with E-state index in [1.54, 1.807) is 35.9 Å². The van der Waals surface area contributed by atoms with Crippen molar-refractivity contribution in [2.75, 3.05) is 6.61 Å². The molecule has 0 atom stereocenters. The van der Waals surface area contributed by atoms with Crippen molar-refractivity contribution in [3.05, 3.63) is 65.9 Å². The lowest BCUT2D eigenvalue weighted by Gasteiger charge is -2.18. The maximum atomic E-state index is 12.7. The first-order chi connectivity index (χ1) is 12.5. The van der Waals surface area contributed by atoms with Crippen molar-refractivity contribution >= 4 is 15.8 Å². The number of carbonyl (C=O) groups excluding carboxylic acids is 1. The maximum absolute atomic E-state index is 12.7. The maximum Gasteiger partial charge on any atom is 0.359 e. The summed E-state index contributed by atoms with van der Waals surface area (Å²) in [7, 11) is -3.56. The van der Waals surface area contributed by atoms with Gasteiger partial charge in [0, 0.05) is 11.1 Å². The summed E-state index contributed by atoms with van der Waals surface area (Å²) in [6, 6.07) is 16.1. The molecule has 0 N–H and O–H groups in total. The molecule has 3 aromatic rings. The fourth-order valence-corrected chi connectivity index (χ4v) is 4.78. The van der Waals surface area contributed by atoms with E-state index in [0.717, 1.165) is 5.69 Å². The Morgan fingerprint density at radius 1 is 1.12 bits per heavy atom. The third kappa shape index (κ3) is 2.52. The number of aromatic nitrogens is 2. The molecule has 0 bridgehead atoms. The minimum Gasteiger partial charge on any atom is -0.461 e. The number of hydrogen-bond acceptors (Lipinski definition) is 5. The van der Waals surface area contributed by atoms with E-state index in [4.69, 9.17) is 4.74 Å². The first-order valence-corrected chi connectivity index (χ1v) is 9.84. The molecule has 1 aromatic heterocycles. The van der Waals surface area contributed by atoms with Gasteiger partial charge in [0.2, 0.25) is 0 Å². The molecule has 6 nitrogen and oxygen atoms in total. The van der Waals surface area contributed by atoms with Crippen LogP contribution >= 0.6 is 0 Å². The third-order valence-electron chi connectivity index (χ3n) is 4.26. The van der Waals surface area contributed by atoms with Crippen LogP contribution in [0, 0.1) is 0 Å². The highest BCUT2D eigenvalue weighted by Gasteiger charge is 2.36. The molecule has 0 radical (unpaired) electrons. The quantitative estimate of drug-likeness (QED) is 0.664. The van der Waals surface area contributed by atoms with Gasteiger partial charge in [-0.1, -0.05) is 36.4 Å². The highest BCUT2D eigenvalue weighted by atomic mass is 32.2. The van der Waals surface area contributed by atoms with Gasteiger partial charge in [0.25, 0.3) is 0 Å². The lowest BCUT2D eigenvalue weighted by atomic mass is 10.1. The van der Waals surface area contributed by atoms with Crippen molar-refractivity contribution in [1.29, 1.82) is 0 Å². The number of benzene rings is 2. The Bertz CT molecular complexity index is 1100. The Kier molecular flexibility index (Phi) is 3.88. The fourth-order valence-electron chi connectivity index (χ4n) is 3.18. The summed E-state index contributed by atoms with van der Waals surface area (Å²) >= 11 is 0. The summed E-state index contributed by atoms with van der Waals surface area (Å²) in [5.41, 5.74) is 2.33. The predicted molar refractivity (Wildman–Crippen MR) is 95.8 cm³/mol. The van der Waals surface area contributed by atoms with Crippen molar-refractivity contribution < 1.29 is 17.9 Å². The SMILES string of the molecule is CCOC(=O)c1nn(-c2ccccc2)c2c1CS(=O)(=O)c1ccccc1-2. The van der Waals surface area contributed by atoms with Gasteiger partial charge < -0.3 is 4.74 Å². The molecule has 1 aliphatic heterocycles. The van der Waals surface area contributed by atoms with Gasteiger partial charge in [-0.25, -0.2) is 17.9 Å². The lowest BCUT2D eigenvalue weighted by Crippen LogP contribution is -2.16. The second-order valence-electron chi connectivity index (χ2n) is 5.90. The predicted octanol–water partition coefficient (Wildman–Crippen LogP) is 3.00. The van der Waals surface area contributed by atoms with Crippen LogP contribution in [-0.4, -0.2) is 30.8 Å². The molecule has 132 valence electrons. The van der Waals surface area contributed by atoms with Crippen LogP contribution in [0.15, 0.2) is 59.5 Å². The largest absolute Gasteiger partial charge is 0.461 e. The summed E-state index contributed by atoms with van der Waals surface area (Å²) in [6.45, 7) is 1.89. The van der Waals surface area contributed by atoms with Crippen molar-refractivity contribution in [3.8, 4) is 16.9 Å². The van der Waals surface area contributed by atoms with Crippen LogP contribution in [0.5, 0.6) is 0 Å². The summed E-state index contributed by atoms with van der Waals surface area (Å²) < 4.78 is 32.2. The highest BCUT2D eigenvalue weighted by molar-refractivity contribution is 7.90. The van der Waals surface area contributed by atoms with Gasteiger partial charge in [0.1, 0.15) is 0 Å². The second kappa shape index (κ2) is 6.10. The van der Waals surface area contributed by atoms with E-state index in [1.165, 1.54) is 0 Å². The molecule has 4 rings (SSSR count). The summed E-state index contributed by atoms with van der Waals surface area (Å²) in [6.07, 6.45) is 0. The first kappa shape index (κ1) is 16.5. The van der Waals surface area contributed by atoms with Gasteiger partial charge in [-0.05, 0) is 25.1 Å². The van der Waals surface area contributed by atoms with Gasteiger partial charge in [0.15, 0.2) is 15.5 Å². The van der Waals surface area contributed by atoms with Crippen LogP contribution in [0.25, 0.3) is 16.9 Å². The number of carbonyl (C=O) groups is 1. The van der Waals surface area contributed by atoms with Crippen LogP contribution < -0.4 is 0 Å². The minimum absolute atomic E-state index is 0.0452. The molecular formula is C19H16N2O4S. The molecule has 2 aromatic carbocycles. The molecule has 0 saturated carbocycles. The van der Waals surface area contributed by atoms with Crippen molar-refractivity contribution in [2.24, 2.45) is 0 Å². The number of esters is 1. The number of nitrogens with zero attached hydrogens (tertiary/aromatic N) is 2. The summed E-state index contributed by atoms with van der Waals surface area (Å²) in [5.74, 6) is -0.895. The molecule has 1 aliphatic rings. The topological polar surface area (TPSA) is 78.3 Å². The number of rotatable bonds is 3. The Morgan fingerprint density at radius 3 is 2.54 bits per heavy atom.